The second kappa shape index (κ2) is 12.3. The molecule has 2 aliphatic carbocycles. The molecule has 258 valence electrons. The number of benzene rings is 8. The summed E-state index contributed by atoms with van der Waals surface area (Å²) < 4.78 is 0. The van der Waals surface area contributed by atoms with E-state index in [-0.39, 0.29) is 10.8 Å². The van der Waals surface area contributed by atoms with Gasteiger partial charge < -0.3 is 4.90 Å². The average Bonchev–Trinajstić information content (AvgIpc) is 3.63. The summed E-state index contributed by atoms with van der Waals surface area (Å²) in [6, 6.07) is 71.5. The van der Waals surface area contributed by atoms with Crippen LogP contribution in [0.25, 0.3) is 44.5 Å². The molecular weight excluding hydrogens is 651 g/mol. The maximum Gasteiger partial charge on any atom is 0.0540 e. The van der Waals surface area contributed by atoms with Crippen molar-refractivity contribution < 1.29 is 0 Å². The Morgan fingerprint density at radius 3 is 1.44 bits per heavy atom. The average molecular weight is 692 g/mol. The van der Waals surface area contributed by atoms with Gasteiger partial charge in [-0.2, -0.15) is 0 Å². The molecule has 0 heterocycles. The molecule has 0 bridgehead atoms. The van der Waals surface area contributed by atoms with Crippen LogP contribution in [0.4, 0.5) is 17.1 Å². The molecule has 8 aromatic rings. The fourth-order valence-corrected chi connectivity index (χ4v) is 9.33. The molecule has 0 aromatic heterocycles. The van der Waals surface area contributed by atoms with Gasteiger partial charge in [0, 0.05) is 27.8 Å². The van der Waals surface area contributed by atoms with E-state index in [0.717, 1.165) is 17.1 Å². The first-order valence-electron chi connectivity index (χ1n) is 19.0. The topological polar surface area (TPSA) is 3.24 Å². The van der Waals surface area contributed by atoms with Crippen molar-refractivity contribution in [3.63, 3.8) is 0 Å². The van der Waals surface area contributed by atoms with Crippen LogP contribution >= 0.6 is 0 Å². The fraction of sp³-hybridized carbons (Fsp3) is 0.0943. The highest BCUT2D eigenvalue weighted by Crippen LogP contribution is 2.56. The molecule has 1 nitrogen and oxygen atoms in total. The normalized spacial score (nSPS) is 14.1. The number of rotatable bonds is 6. The second-order valence-corrected chi connectivity index (χ2v) is 15.5. The summed E-state index contributed by atoms with van der Waals surface area (Å²) in [5, 5.41) is 0. The van der Waals surface area contributed by atoms with Crippen LogP contribution in [-0.2, 0) is 10.8 Å². The van der Waals surface area contributed by atoms with Crippen LogP contribution in [0.2, 0.25) is 0 Å². The highest BCUT2D eigenvalue weighted by molar-refractivity contribution is 5.91. The molecule has 8 aromatic carbocycles. The van der Waals surface area contributed by atoms with Crippen molar-refractivity contribution in [1.29, 1.82) is 0 Å². The van der Waals surface area contributed by atoms with Gasteiger partial charge in [0.05, 0.1) is 5.69 Å². The summed E-state index contributed by atoms with van der Waals surface area (Å²) in [5.74, 6) is 0. The predicted molar refractivity (Wildman–Crippen MR) is 227 cm³/mol. The quantitative estimate of drug-likeness (QED) is 0.168. The second-order valence-electron chi connectivity index (χ2n) is 15.5. The summed E-state index contributed by atoms with van der Waals surface area (Å²) in [7, 11) is 0. The van der Waals surface area contributed by atoms with E-state index in [1.54, 1.807) is 0 Å². The number of fused-ring (bicyclic) bond motifs is 6. The molecule has 0 radical (unpaired) electrons. The third-order valence-electron chi connectivity index (χ3n) is 12.2. The zero-order chi connectivity index (χ0) is 36.4. The van der Waals surface area contributed by atoms with E-state index < -0.39 is 0 Å². The molecule has 0 atom stereocenters. The Labute approximate surface area is 318 Å². The number of nitrogens with zero attached hydrogens (tertiary/aromatic N) is 1. The van der Waals surface area contributed by atoms with Gasteiger partial charge in [-0.25, -0.2) is 0 Å². The minimum absolute atomic E-state index is 0.202. The van der Waals surface area contributed by atoms with Crippen LogP contribution in [0.5, 0.6) is 0 Å². The summed E-state index contributed by atoms with van der Waals surface area (Å²) in [4.78, 5) is 2.44. The molecule has 0 N–H and O–H groups in total. The zero-order valence-corrected chi connectivity index (χ0v) is 30.9. The molecule has 0 saturated carbocycles. The fourth-order valence-electron chi connectivity index (χ4n) is 9.33. The SMILES string of the molecule is CC1(C)c2cc(N(c3ccc(-c4ccccc4)cc3)c3ccccc3-c3ccccc3)ccc2-c2ccc(C3(C)c4ccccc4-c4ccccc43)cc21. The maximum atomic E-state index is 2.51. The molecule has 0 unspecified atom stereocenters. The van der Waals surface area contributed by atoms with E-state index >= 15 is 0 Å². The molecule has 0 fully saturated rings. The van der Waals surface area contributed by atoms with Gasteiger partial charge >= 0.3 is 0 Å². The lowest BCUT2D eigenvalue weighted by Gasteiger charge is -2.31. The molecule has 0 aliphatic heterocycles. The van der Waals surface area contributed by atoms with Gasteiger partial charge in [-0.3, -0.25) is 0 Å². The van der Waals surface area contributed by atoms with Crippen molar-refractivity contribution in [3.8, 4) is 44.5 Å². The minimum atomic E-state index is -0.234. The van der Waals surface area contributed by atoms with Crippen LogP contribution in [0.3, 0.4) is 0 Å². The predicted octanol–water partition coefficient (Wildman–Crippen LogP) is 14.1. The Bertz CT molecular complexity index is 2640. The lowest BCUT2D eigenvalue weighted by atomic mass is 9.72. The maximum absolute atomic E-state index is 2.51. The van der Waals surface area contributed by atoms with E-state index in [0.29, 0.717) is 0 Å². The van der Waals surface area contributed by atoms with Crippen molar-refractivity contribution in [3.05, 3.63) is 222 Å². The minimum Gasteiger partial charge on any atom is -0.310 e. The Morgan fingerprint density at radius 2 is 0.796 bits per heavy atom. The summed E-state index contributed by atoms with van der Waals surface area (Å²) in [6.45, 7) is 7.22. The molecule has 2 aliphatic rings. The van der Waals surface area contributed by atoms with E-state index in [1.165, 1.54) is 72.3 Å². The van der Waals surface area contributed by atoms with Crippen molar-refractivity contribution >= 4 is 17.1 Å². The lowest BCUT2D eigenvalue weighted by molar-refractivity contribution is 0.652. The molecule has 10 rings (SSSR count). The van der Waals surface area contributed by atoms with Crippen LogP contribution in [-0.4, -0.2) is 0 Å². The van der Waals surface area contributed by atoms with Gasteiger partial charge in [0.15, 0.2) is 0 Å². The molecule has 0 saturated heterocycles. The first-order chi connectivity index (χ1) is 26.4. The third kappa shape index (κ3) is 4.85. The highest BCUT2D eigenvalue weighted by atomic mass is 15.1. The number of hydrogen-bond donors (Lipinski definition) is 0. The van der Waals surface area contributed by atoms with Crippen molar-refractivity contribution in [2.45, 2.75) is 31.6 Å². The molecule has 0 spiro atoms. The Hall–Kier alpha value is -6.44. The molecular formula is C53H41N. The largest absolute Gasteiger partial charge is 0.310 e. The smallest absolute Gasteiger partial charge is 0.0540 e. The van der Waals surface area contributed by atoms with Crippen LogP contribution in [0.15, 0.2) is 194 Å². The van der Waals surface area contributed by atoms with E-state index in [2.05, 4.69) is 220 Å². The Balaban J connectivity index is 1.11. The zero-order valence-electron chi connectivity index (χ0n) is 30.9. The van der Waals surface area contributed by atoms with E-state index in [1.807, 2.05) is 0 Å². The van der Waals surface area contributed by atoms with Crippen LogP contribution < -0.4 is 4.90 Å². The van der Waals surface area contributed by atoms with Crippen LogP contribution in [0.1, 0.15) is 48.6 Å². The van der Waals surface area contributed by atoms with Crippen molar-refractivity contribution in [2.75, 3.05) is 4.90 Å². The highest BCUT2D eigenvalue weighted by Gasteiger charge is 2.43. The molecule has 1 heteroatoms. The summed E-state index contributed by atoms with van der Waals surface area (Å²) in [5.41, 5.74) is 20.0. The van der Waals surface area contributed by atoms with E-state index in [9.17, 15) is 0 Å². The van der Waals surface area contributed by atoms with Gasteiger partial charge in [0.2, 0.25) is 0 Å². The van der Waals surface area contributed by atoms with Gasteiger partial charge in [-0.1, -0.05) is 178 Å². The monoisotopic (exact) mass is 691 g/mol. The first-order valence-corrected chi connectivity index (χ1v) is 19.0. The first kappa shape index (κ1) is 32.2. The third-order valence-corrected chi connectivity index (χ3v) is 12.2. The number of hydrogen-bond acceptors (Lipinski definition) is 1. The Kier molecular flexibility index (Phi) is 7.35. The van der Waals surface area contributed by atoms with Crippen molar-refractivity contribution in [2.24, 2.45) is 0 Å². The van der Waals surface area contributed by atoms with Crippen LogP contribution in [0, 0.1) is 0 Å². The Morgan fingerprint density at radius 1 is 0.333 bits per heavy atom. The van der Waals surface area contributed by atoms with Gasteiger partial charge in [-0.15, -0.1) is 0 Å². The standard InChI is InChI=1S/C53H41N/c1-52(2)49-34-39(53(3)47-23-13-10-21-43(47)44-22-11-14-24-48(44)53)28-32-45(49)46-33-31-41(35-50(46)52)54(40-29-26-37(27-30-40)36-16-6-4-7-17-36)51-25-15-12-20-42(51)38-18-8-5-9-19-38/h4-35H,1-3H3. The van der Waals surface area contributed by atoms with Gasteiger partial charge in [0.25, 0.3) is 0 Å². The van der Waals surface area contributed by atoms with E-state index in [4.69, 9.17) is 0 Å². The lowest BCUT2D eigenvalue weighted by Crippen LogP contribution is -2.24. The van der Waals surface area contributed by atoms with Crippen molar-refractivity contribution in [1.82, 2.24) is 0 Å². The summed E-state index contributed by atoms with van der Waals surface area (Å²) in [6.07, 6.45) is 0. The van der Waals surface area contributed by atoms with Gasteiger partial charge in [0.1, 0.15) is 0 Å². The number of para-hydroxylation sites is 1. The number of anilines is 3. The van der Waals surface area contributed by atoms with Gasteiger partial charge in [-0.05, 0) is 104 Å². The molecule has 54 heavy (non-hydrogen) atoms. The summed E-state index contributed by atoms with van der Waals surface area (Å²) >= 11 is 0. The molecule has 0 amide bonds.